The van der Waals surface area contributed by atoms with E-state index in [2.05, 4.69) is 22.0 Å². The Kier molecular flexibility index (Phi) is 5.16. The summed E-state index contributed by atoms with van der Waals surface area (Å²) >= 11 is 0. The van der Waals surface area contributed by atoms with Crippen LogP contribution in [-0.4, -0.2) is 52.9 Å². The van der Waals surface area contributed by atoms with E-state index in [0.717, 1.165) is 31.6 Å². The van der Waals surface area contributed by atoms with Gasteiger partial charge in [0.2, 0.25) is 0 Å². The minimum atomic E-state index is -0.420. The normalized spacial score (nSPS) is 14.5. The van der Waals surface area contributed by atoms with Crippen LogP contribution in [0.2, 0.25) is 0 Å². The molecule has 2 aromatic heterocycles. The van der Waals surface area contributed by atoms with E-state index in [0.29, 0.717) is 36.3 Å². The highest BCUT2D eigenvalue weighted by Gasteiger charge is 2.23. The average Bonchev–Trinajstić information content (AvgIpc) is 3.05. The molecule has 0 fully saturated rings. The van der Waals surface area contributed by atoms with Crippen LogP contribution in [0.4, 0.5) is 5.82 Å². The second-order valence-electron chi connectivity index (χ2n) is 5.79. The molecule has 0 unspecified atom stereocenters. The van der Waals surface area contributed by atoms with Gasteiger partial charge in [-0.1, -0.05) is 6.92 Å². The molecule has 0 atom stereocenters. The van der Waals surface area contributed by atoms with Crippen molar-refractivity contribution < 1.29 is 14.3 Å². The van der Waals surface area contributed by atoms with Crippen molar-refractivity contribution in [3.05, 3.63) is 23.5 Å². The Hall–Kier alpha value is -2.64. The fraction of sp³-hybridized carbons (Fsp3) is 0.529. The van der Waals surface area contributed by atoms with E-state index in [1.165, 1.54) is 6.20 Å². The number of fused-ring (bicyclic) bond motifs is 1. The molecule has 0 aromatic carbocycles. The van der Waals surface area contributed by atoms with Crippen LogP contribution in [0.25, 0.3) is 5.65 Å². The highest BCUT2D eigenvalue weighted by Crippen LogP contribution is 2.21. The molecule has 3 heterocycles. The predicted octanol–water partition coefficient (Wildman–Crippen LogP) is 2.21. The predicted molar refractivity (Wildman–Crippen MR) is 94.2 cm³/mol. The number of carbonyl (C=O) groups is 1. The number of aryl methyl sites for hydroxylation is 1. The third kappa shape index (κ3) is 3.42. The summed E-state index contributed by atoms with van der Waals surface area (Å²) in [4.78, 5) is 23.2. The number of amidine groups is 1. The standard InChI is InChI=1S/C17H23N5O3/c1-4-9-25-17-18-7-6-8-21(17)14-10-12(3)22-15(20-14)13(11-19-22)16(23)24-5-2/h10-11H,4-9H2,1-3H3. The zero-order chi connectivity index (χ0) is 17.8. The number of aliphatic imine (C=N–C) groups is 1. The molecular formula is C17H23N5O3. The second-order valence-corrected chi connectivity index (χ2v) is 5.79. The second kappa shape index (κ2) is 7.50. The van der Waals surface area contributed by atoms with Crippen LogP contribution in [0.15, 0.2) is 17.3 Å². The summed E-state index contributed by atoms with van der Waals surface area (Å²) in [5, 5.41) is 4.25. The van der Waals surface area contributed by atoms with Gasteiger partial charge in [-0.25, -0.2) is 19.3 Å². The van der Waals surface area contributed by atoms with Crippen LogP contribution in [0.1, 0.15) is 42.7 Å². The van der Waals surface area contributed by atoms with Gasteiger partial charge in [0.1, 0.15) is 11.4 Å². The quantitative estimate of drug-likeness (QED) is 0.773. The SMILES string of the molecule is CCCOC1=NCCCN1c1cc(C)n2ncc(C(=O)OCC)c2n1. The highest BCUT2D eigenvalue weighted by atomic mass is 16.5. The van der Waals surface area contributed by atoms with Crippen molar-refractivity contribution in [1.82, 2.24) is 14.6 Å². The minimum Gasteiger partial charge on any atom is -0.465 e. The van der Waals surface area contributed by atoms with Crippen molar-refractivity contribution in [2.24, 2.45) is 4.99 Å². The van der Waals surface area contributed by atoms with E-state index < -0.39 is 5.97 Å². The summed E-state index contributed by atoms with van der Waals surface area (Å²) in [6, 6.07) is 2.51. The molecule has 8 nitrogen and oxygen atoms in total. The van der Waals surface area contributed by atoms with Gasteiger partial charge in [-0.3, -0.25) is 4.90 Å². The van der Waals surface area contributed by atoms with Crippen molar-refractivity contribution in [1.29, 1.82) is 0 Å². The van der Waals surface area contributed by atoms with Crippen molar-refractivity contribution in [3.8, 4) is 0 Å². The number of ether oxygens (including phenoxy) is 2. The Balaban J connectivity index is 2.01. The first-order valence-electron chi connectivity index (χ1n) is 8.63. The minimum absolute atomic E-state index is 0.308. The third-order valence-electron chi connectivity index (χ3n) is 3.86. The summed E-state index contributed by atoms with van der Waals surface area (Å²) in [6.45, 7) is 8.19. The van der Waals surface area contributed by atoms with Gasteiger partial charge < -0.3 is 9.47 Å². The number of rotatable bonds is 5. The maximum absolute atomic E-state index is 12.1. The van der Waals surface area contributed by atoms with Crippen LogP contribution in [0.5, 0.6) is 0 Å². The summed E-state index contributed by atoms with van der Waals surface area (Å²) in [7, 11) is 0. The Bertz CT molecular complexity index is 799. The summed E-state index contributed by atoms with van der Waals surface area (Å²) < 4.78 is 12.5. The molecule has 2 aromatic rings. The number of aromatic nitrogens is 3. The van der Waals surface area contributed by atoms with Gasteiger partial charge in [0, 0.05) is 24.8 Å². The molecule has 0 bridgehead atoms. The number of anilines is 1. The summed E-state index contributed by atoms with van der Waals surface area (Å²) in [5.74, 6) is 0.280. The monoisotopic (exact) mass is 345 g/mol. The zero-order valence-electron chi connectivity index (χ0n) is 14.9. The lowest BCUT2D eigenvalue weighted by Gasteiger charge is -2.28. The molecular weight excluding hydrogens is 322 g/mol. The topological polar surface area (TPSA) is 81.3 Å². The lowest BCUT2D eigenvalue weighted by atomic mass is 10.3. The van der Waals surface area contributed by atoms with Crippen molar-refractivity contribution in [2.75, 3.05) is 31.2 Å². The van der Waals surface area contributed by atoms with Gasteiger partial charge >= 0.3 is 5.97 Å². The Morgan fingerprint density at radius 3 is 2.96 bits per heavy atom. The van der Waals surface area contributed by atoms with E-state index in [9.17, 15) is 4.79 Å². The Labute approximate surface area is 146 Å². The van der Waals surface area contributed by atoms with Gasteiger partial charge in [0.25, 0.3) is 6.02 Å². The highest BCUT2D eigenvalue weighted by molar-refractivity contribution is 5.96. The molecule has 0 N–H and O–H groups in total. The zero-order valence-corrected chi connectivity index (χ0v) is 14.9. The number of hydrogen-bond acceptors (Lipinski definition) is 7. The number of hydrogen-bond donors (Lipinski definition) is 0. The van der Waals surface area contributed by atoms with Gasteiger partial charge in [-0.05, 0) is 26.7 Å². The number of carbonyl (C=O) groups excluding carboxylic acids is 1. The van der Waals surface area contributed by atoms with Gasteiger partial charge in [-0.15, -0.1) is 0 Å². The van der Waals surface area contributed by atoms with Crippen molar-refractivity contribution in [3.63, 3.8) is 0 Å². The molecule has 25 heavy (non-hydrogen) atoms. The first kappa shape index (κ1) is 17.2. The van der Waals surface area contributed by atoms with Crippen LogP contribution in [-0.2, 0) is 9.47 Å². The third-order valence-corrected chi connectivity index (χ3v) is 3.86. The fourth-order valence-electron chi connectivity index (χ4n) is 2.70. The van der Waals surface area contributed by atoms with Gasteiger partial charge in [0.05, 0.1) is 19.4 Å². The molecule has 0 aliphatic carbocycles. The van der Waals surface area contributed by atoms with E-state index in [1.54, 1.807) is 11.4 Å². The largest absolute Gasteiger partial charge is 0.465 e. The summed E-state index contributed by atoms with van der Waals surface area (Å²) in [5.41, 5.74) is 1.71. The maximum Gasteiger partial charge on any atom is 0.343 e. The van der Waals surface area contributed by atoms with Crippen molar-refractivity contribution >= 4 is 23.5 Å². The smallest absolute Gasteiger partial charge is 0.343 e. The van der Waals surface area contributed by atoms with E-state index in [-0.39, 0.29) is 0 Å². The maximum atomic E-state index is 12.1. The molecule has 134 valence electrons. The first-order valence-corrected chi connectivity index (χ1v) is 8.63. The summed E-state index contributed by atoms with van der Waals surface area (Å²) in [6.07, 6.45) is 3.33. The lowest BCUT2D eigenvalue weighted by molar-refractivity contribution is 0.0528. The molecule has 1 aliphatic rings. The molecule has 1 aliphatic heterocycles. The Morgan fingerprint density at radius 2 is 2.20 bits per heavy atom. The van der Waals surface area contributed by atoms with Crippen molar-refractivity contribution in [2.45, 2.75) is 33.6 Å². The van der Waals surface area contributed by atoms with E-state index in [1.807, 2.05) is 17.9 Å². The molecule has 3 rings (SSSR count). The molecule has 0 saturated carbocycles. The lowest BCUT2D eigenvalue weighted by Crippen LogP contribution is -2.38. The number of esters is 1. The molecule has 0 saturated heterocycles. The van der Waals surface area contributed by atoms with Crippen LogP contribution >= 0.6 is 0 Å². The Morgan fingerprint density at radius 1 is 1.36 bits per heavy atom. The first-order chi connectivity index (χ1) is 12.2. The average molecular weight is 345 g/mol. The van der Waals surface area contributed by atoms with E-state index in [4.69, 9.17) is 9.47 Å². The fourth-order valence-corrected chi connectivity index (χ4v) is 2.70. The molecule has 0 radical (unpaired) electrons. The van der Waals surface area contributed by atoms with Gasteiger partial charge in [-0.2, -0.15) is 5.10 Å². The van der Waals surface area contributed by atoms with Gasteiger partial charge in [0.15, 0.2) is 5.65 Å². The number of nitrogens with zero attached hydrogens (tertiary/aromatic N) is 5. The molecule has 0 amide bonds. The molecule has 8 heteroatoms. The van der Waals surface area contributed by atoms with Crippen LogP contribution < -0.4 is 4.90 Å². The van der Waals surface area contributed by atoms with E-state index >= 15 is 0 Å². The van der Waals surface area contributed by atoms with Crippen LogP contribution in [0, 0.1) is 6.92 Å². The van der Waals surface area contributed by atoms with Crippen LogP contribution in [0.3, 0.4) is 0 Å². The molecule has 0 spiro atoms.